The zero-order valence-corrected chi connectivity index (χ0v) is 15.4. The lowest BCUT2D eigenvalue weighted by molar-refractivity contribution is 0.0605. The number of carbonyl (C=O) groups is 1. The Morgan fingerprint density at radius 2 is 1.81 bits per heavy atom. The molecule has 2 aliphatic heterocycles. The van der Waals surface area contributed by atoms with Crippen LogP contribution in [-0.2, 0) is 0 Å². The number of nitrogens with one attached hydrogen (secondary N) is 1. The van der Waals surface area contributed by atoms with Crippen molar-refractivity contribution in [3.63, 3.8) is 0 Å². The molecule has 1 unspecified atom stereocenters. The Kier molecular flexibility index (Phi) is 5.34. The number of pyridine rings is 1. The number of aromatic nitrogens is 1. The monoisotopic (exact) mass is 368 g/mol. The highest BCUT2D eigenvalue weighted by Gasteiger charge is 2.29. The minimum atomic E-state index is -0.252. The smallest absolute Gasteiger partial charge is 0.273 e. The van der Waals surface area contributed by atoms with Gasteiger partial charge in [-0.3, -0.25) is 4.79 Å². The van der Waals surface area contributed by atoms with E-state index in [-0.39, 0.29) is 17.8 Å². The van der Waals surface area contributed by atoms with Crippen LogP contribution in [-0.4, -0.2) is 48.5 Å². The second kappa shape index (κ2) is 8.05. The van der Waals surface area contributed by atoms with E-state index in [2.05, 4.69) is 15.2 Å². The van der Waals surface area contributed by atoms with Crippen molar-refractivity contribution in [1.29, 1.82) is 0 Å². The number of benzene rings is 1. The molecule has 1 aromatic heterocycles. The summed E-state index contributed by atoms with van der Waals surface area (Å²) in [5, 5.41) is 3.33. The number of hydrogen-bond acceptors (Lipinski definition) is 4. The number of piperidine rings is 1. The van der Waals surface area contributed by atoms with Gasteiger partial charge in [-0.1, -0.05) is 18.2 Å². The van der Waals surface area contributed by atoms with Crippen molar-refractivity contribution in [2.24, 2.45) is 0 Å². The van der Waals surface area contributed by atoms with Gasteiger partial charge in [-0.25, -0.2) is 9.37 Å². The second-order valence-electron chi connectivity index (χ2n) is 7.18. The Bertz CT molecular complexity index is 789. The Balaban J connectivity index is 1.57. The predicted octanol–water partition coefficient (Wildman–Crippen LogP) is 3.00. The third-order valence-electron chi connectivity index (χ3n) is 5.41. The van der Waals surface area contributed by atoms with Crippen LogP contribution in [0.15, 0.2) is 42.5 Å². The SMILES string of the molecule is O=C(c1cccc(N2CCNCC2)n1)N1CCCCC1c1ccc(F)cc1. The van der Waals surface area contributed by atoms with Gasteiger partial charge in [0.2, 0.25) is 0 Å². The molecule has 27 heavy (non-hydrogen) atoms. The van der Waals surface area contributed by atoms with E-state index >= 15 is 0 Å². The molecule has 2 fully saturated rings. The maximum Gasteiger partial charge on any atom is 0.273 e. The minimum Gasteiger partial charge on any atom is -0.354 e. The van der Waals surface area contributed by atoms with Gasteiger partial charge in [-0.2, -0.15) is 0 Å². The third kappa shape index (κ3) is 3.95. The van der Waals surface area contributed by atoms with Crippen LogP contribution in [0.1, 0.15) is 41.4 Å². The molecule has 1 atom stereocenters. The Morgan fingerprint density at radius 1 is 1.04 bits per heavy atom. The zero-order valence-electron chi connectivity index (χ0n) is 15.4. The summed E-state index contributed by atoms with van der Waals surface area (Å²) in [7, 11) is 0. The zero-order chi connectivity index (χ0) is 18.6. The van der Waals surface area contributed by atoms with E-state index in [1.54, 1.807) is 18.2 Å². The van der Waals surface area contributed by atoms with Gasteiger partial charge >= 0.3 is 0 Å². The number of anilines is 1. The molecule has 1 N–H and O–H groups in total. The fourth-order valence-electron chi connectivity index (χ4n) is 3.97. The highest BCUT2D eigenvalue weighted by atomic mass is 19.1. The molecule has 1 amide bonds. The van der Waals surface area contributed by atoms with Crippen molar-refractivity contribution >= 4 is 11.7 Å². The highest BCUT2D eigenvalue weighted by molar-refractivity contribution is 5.93. The van der Waals surface area contributed by atoms with E-state index in [0.29, 0.717) is 12.2 Å². The molecule has 2 aliphatic rings. The van der Waals surface area contributed by atoms with Crippen molar-refractivity contribution in [3.8, 4) is 0 Å². The summed E-state index contributed by atoms with van der Waals surface area (Å²) in [4.78, 5) is 22.0. The van der Waals surface area contributed by atoms with E-state index < -0.39 is 0 Å². The number of amides is 1. The molecule has 4 rings (SSSR count). The Hall–Kier alpha value is -2.47. The molecule has 1 aromatic carbocycles. The number of likely N-dealkylation sites (tertiary alicyclic amines) is 1. The van der Waals surface area contributed by atoms with Crippen molar-refractivity contribution in [2.45, 2.75) is 25.3 Å². The van der Waals surface area contributed by atoms with Gasteiger partial charge in [0.1, 0.15) is 17.3 Å². The van der Waals surface area contributed by atoms with Crippen LogP contribution in [0.25, 0.3) is 0 Å². The lowest BCUT2D eigenvalue weighted by Crippen LogP contribution is -2.44. The van der Waals surface area contributed by atoms with Gasteiger partial charge in [0.05, 0.1) is 6.04 Å². The van der Waals surface area contributed by atoms with Crippen molar-refractivity contribution in [1.82, 2.24) is 15.2 Å². The molecule has 2 aromatic rings. The van der Waals surface area contributed by atoms with Crippen molar-refractivity contribution in [2.75, 3.05) is 37.6 Å². The molecule has 5 nitrogen and oxygen atoms in total. The maximum absolute atomic E-state index is 13.3. The van der Waals surface area contributed by atoms with Gasteiger partial charge < -0.3 is 15.1 Å². The molecule has 0 spiro atoms. The average Bonchev–Trinajstić information content (AvgIpc) is 2.74. The van der Waals surface area contributed by atoms with E-state index in [9.17, 15) is 9.18 Å². The van der Waals surface area contributed by atoms with E-state index in [1.807, 2.05) is 17.0 Å². The molecule has 6 heteroatoms. The van der Waals surface area contributed by atoms with Crippen LogP contribution in [0.3, 0.4) is 0 Å². The normalized spacial score (nSPS) is 20.6. The average molecular weight is 368 g/mol. The van der Waals surface area contributed by atoms with Crippen LogP contribution < -0.4 is 10.2 Å². The van der Waals surface area contributed by atoms with Gasteiger partial charge in [0.15, 0.2) is 0 Å². The summed E-state index contributed by atoms with van der Waals surface area (Å²) < 4.78 is 13.3. The van der Waals surface area contributed by atoms with Crippen LogP contribution in [0, 0.1) is 5.82 Å². The molecule has 3 heterocycles. The number of rotatable bonds is 3. The molecular formula is C21H25FN4O. The molecular weight excluding hydrogens is 343 g/mol. The summed E-state index contributed by atoms with van der Waals surface area (Å²) in [6.45, 7) is 4.36. The largest absolute Gasteiger partial charge is 0.354 e. The van der Waals surface area contributed by atoms with Crippen molar-refractivity contribution in [3.05, 3.63) is 59.5 Å². The number of carbonyl (C=O) groups excluding carboxylic acids is 1. The van der Waals surface area contributed by atoms with Crippen LogP contribution >= 0.6 is 0 Å². The van der Waals surface area contributed by atoms with Gasteiger partial charge in [-0.15, -0.1) is 0 Å². The first kappa shape index (κ1) is 17.9. The molecule has 0 aliphatic carbocycles. The first-order valence-electron chi connectivity index (χ1n) is 9.71. The van der Waals surface area contributed by atoms with Crippen LogP contribution in [0.4, 0.5) is 10.2 Å². The Labute approximate surface area is 159 Å². The topological polar surface area (TPSA) is 48.5 Å². The predicted molar refractivity (Wildman–Crippen MR) is 103 cm³/mol. The van der Waals surface area contributed by atoms with E-state index in [1.165, 1.54) is 12.1 Å². The molecule has 142 valence electrons. The highest BCUT2D eigenvalue weighted by Crippen LogP contribution is 2.32. The van der Waals surface area contributed by atoms with Gasteiger partial charge in [0.25, 0.3) is 5.91 Å². The molecule has 0 saturated carbocycles. The second-order valence-corrected chi connectivity index (χ2v) is 7.18. The lowest BCUT2D eigenvalue weighted by Gasteiger charge is -2.36. The quantitative estimate of drug-likeness (QED) is 0.905. The van der Waals surface area contributed by atoms with Gasteiger partial charge in [0, 0.05) is 32.7 Å². The molecule has 0 bridgehead atoms. The van der Waals surface area contributed by atoms with E-state index in [4.69, 9.17) is 0 Å². The van der Waals surface area contributed by atoms with E-state index in [0.717, 1.165) is 56.8 Å². The number of piperazine rings is 1. The molecule has 2 saturated heterocycles. The van der Waals surface area contributed by atoms with Gasteiger partial charge in [-0.05, 0) is 49.1 Å². The summed E-state index contributed by atoms with van der Waals surface area (Å²) in [5.41, 5.74) is 1.47. The fraction of sp³-hybridized carbons (Fsp3) is 0.429. The summed E-state index contributed by atoms with van der Waals surface area (Å²) >= 11 is 0. The summed E-state index contributed by atoms with van der Waals surface area (Å²) in [6.07, 6.45) is 2.95. The third-order valence-corrected chi connectivity index (χ3v) is 5.41. The number of hydrogen-bond donors (Lipinski definition) is 1. The fourth-order valence-corrected chi connectivity index (χ4v) is 3.97. The lowest BCUT2D eigenvalue weighted by atomic mass is 9.95. The molecule has 0 radical (unpaired) electrons. The Morgan fingerprint density at radius 3 is 2.59 bits per heavy atom. The van der Waals surface area contributed by atoms with Crippen molar-refractivity contribution < 1.29 is 9.18 Å². The summed E-state index contributed by atoms with van der Waals surface area (Å²) in [6, 6.07) is 12.2. The minimum absolute atomic E-state index is 0.0171. The number of halogens is 1. The summed E-state index contributed by atoms with van der Waals surface area (Å²) in [5.74, 6) is 0.566. The maximum atomic E-state index is 13.3. The standard InChI is InChI=1S/C21H25FN4O/c22-17-9-7-16(8-10-17)19-5-1-2-13-26(19)21(27)18-4-3-6-20(24-18)25-14-11-23-12-15-25/h3-4,6-10,19,23H,1-2,5,11-15H2. The van der Waals surface area contributed by atoms with Crippen LogP contribution in [0.5, 0.6) is 0 Å². The van der Waals surface area contributed by atoms with Crippen LogP contribution in [0.2, 0.25) is 0 Å². The first-order chi connectivity index (χ1) is 13.2. The first-order valence-corrected chi connectivity index (χ1v) is 9.71. The number of nitrogens with zero attached hydrogens (tertiary/aromatic N) is 3.